The third kappa shape index (κ3) is 2.45. The summed E-state index contributed by atoms with van der Waals surface area (Å²) in [5, 5.41) is 12.0. The van der Waals surface area contributed by atoms with Gasteiger partial charge in [0.1, 0.15) is 0 Å². The molecule has 0 radical (unpaired) electrons. The number of nitrogens with zero attached hydrogens (tertiary/aromatic N) is 1. The minimum atomic E-state index is -1.51. The summed E-state index contributed by atoms with van der Waals surface area (Å²) < 4.78 is 0. The zero-order valence-corrected chi connectivity index (χ0v) is 13.9. The van der Waals surface area contributed by atoms with Gasteiger partial charge in [0, 0.05) is 0 Å². The van der Waals surface area contributed by atoms with E-state index in [0.29, 0.717) is 5.56 Å². The normalized spacial score (nSPS) is 17.2. The van der Waals surface area contributed by atoms with Crippen molar-refractivity contribution in [1.82, 2.24) is 0 Å². The van der Waals surface area contributed by atoms with E-state index in [4.69, 9.17) is 5.26 Å². The number of carbonyl (C=O) groups is 1. The van der Waals surface area contributed by atoms with Gasteiger partial charge in [0.05, 0.1) is 0 Å². The molecule has 0 spiro atoms. The van der Waals surface area contributed by atoms with Gasteiger partial charge >= 0.3 is 121 Å². The van der Waals surface area contributed by atoms with Crippen molar-refractivity contribution in [2.24, 2.45) is 0 Å². The summed E-state index contributed by atoms with van der Waals surface area (Å²) >= 11 is 0. The molecule has 0 unspecified atom stereocenters. The molecule has 1 amide bonds. The molecule has 0 saturated heterocycles. The maximum absolute atomic E-state index is 12.7. The summed E-state index contributed by atoms with van der Waals surface area (Å²) in [4.78, 5) is 12.7. The van der Waals surface area contributed by atoms with E-state index in [1.807, 2.05) is 26.0 Å². The van der Waals surface area contributed by atoms with Crippen molar-refractivity contribution >= 4 is 18.9 Å². The van der Waals surface area contributed by atoms with Crippen molar-refractivity contribution in [1.29, 1.82) is 5.26 Å². The maximum atomic E-state index is 12.7. The fourth-order valence-corrected chi connectivity index (χ4v) is 5.27. The van der Waals surface area contributed by atoms with Crippen LogP contribution >= 0.6 is 7.26 Å². The molecule has 3 nitrogen and oxygen atoms in total. The third-order valence-corrected chi connectivity index (χ3v) is 8.12. The SMILES string of the molecule is Cc1cc(C#N)cc(C)c1NC(=O)C1([PH](C)(C)C)CC1. The molecule has 1 aliphatic carbocycles. The van der Waals surface area contributed by atoms with Crippen molar-refractivity contribution in [3.63, 3.8) is 0 Å². The Hall–Kier alpha value is -1.39. The number of hydrogen-bond donors (Lipinski definition) is 1. The van der Waals surface area contributed by atoms with Gasteiger partial charge in [-0.1, -0.05) is 0 Å². The van der Waals surface area contributed by atoms with Gasteiger partial charge in [-0.15, -0.1) is 0 Å². The van der Waals surface area contributed by atoms with Crippen LogP contribution in [0.5, 0.6) is 0 Å². The monoisotopic (exact) mass is 290 g/mol. The van der Waals surface area contributed by atoms with E-state index in [9.17, 15) is 4.79 Å². The van der Waals surface area contributed by atoms with Gasteiger partial charge in [0.2, 0.25) is 0 Å². The van der Waals surface area contributed by atoms with E-state index in [2.05, 4.69) is 31.4 Å². The number of anilines is 1. The predicted molar refractivity (Wildman–Crippen MR) is 87.3 cm³/mol. The van der Waals surface area contributed by atoms with Crippen LogP contribution < -0.4 is 5.32 Å². The molecule has 1 N–H and O–H groups in total. The van der Waals surface area contributed by atoms with Gasteiger partial charge < -0.3 is 0 Å². The van der Waals surface area contributed by atoms with E-state index >= 15 is 0 Å². The molecule has 1 aliphatic rings. The number of amides is 1. The second kappa shape index (κ2) is 4.86. The standard InChI is InChI=1S/C16H23N2OP/c1-11-8-13(10-17)9-12(2)14(11)18-15(19)16(6-7-16)20(3,4)5/h8-9,20H,6-7H2,1-5H3,(H,18,19). The Morgan fingerprint density at radius 2 is 1.75 bits per heavy atom. The molecule has 0 aliphatic heterocycles. The van der Waals surface area contributed by atoms with E-state index in [1.54, 1.807) is 0 Å². The van der Waals surface area contributed by atoms with E-state index in [0.717, 1.165) is 29.7 Å². The first-order valence-corrected chi connectivity index (χ1v) is 10.5. The Morgan fingerprint density at radius 3 is 2.10 bits per heavy atom. The summed E-state index contributed by atoms with van der Waals surface area (Å²) in [6.07, 6.45) is 2.03. The Balaban J connectivity index is 2.28. The third-order valence-electron chi connectivity index (χ3n) is 4.52. The zero-order valence-electron chi connectivity index (χ0n) is 12.9. The number of aryl methyl sites for hydroxylation is 2. The van der Waals surface area contributed by atoms with Gasteiger partial charge in [-0.05, 0) is 0 Å². The molecule has 1 aromatic rings. The van der Waals surface area contributed by atoms with Gasteiger partial charge in [-0.2, -0.15) is 0 Å². The molecule has 1 aromatic carbocycles. The van der Waals surface area contributed by atoms with Crippen LogP contribution in [-0.4, -0.2) is 31.1 Å². The minimum absolute atomic E-state index is 0.0974. The van der Waals surface area contributed by atoms with Crippen LogP contribution in [0.15, 0.2) is 12.1 Å². The summed E-state index contributed by atoms with van der Waals surface area (Å²) in [5.41, 5.74) is 3.44. The molecular weight excluding hydrogens is 267 g/mol. The van der Waals surface area contributed by atoms with Crippen LogP contribution in [0.25, 0.3) is 0 Å². The zero-order chi connectivity index (χ0) is 15.1. The molecule has 20 heavy (non-hydrogen) atoms. The molecule has 108 valence electrons. The molecule has 4 heteroatoms. The van der Waals surface area contributed by atoms with Crippen LogP contribution in [0, 0.1) is 25.2 Å². The van der Waals surface area contributed by atoms with Crippen molar-refractivity contribution in [3.05, 3.63) is 28.8 Å². The van der Waals surface area contributed by atoms with Gasteiger partial charge in [0.15, 0.2) is 0 Å². The van der Waals surface area contributed by atoms with E-state index in [-0.39, 0.29) is 11.1 Å². The van der Waals surface area contributed by atoms with Gasteiger partial charge in [0.25, 0.3) is 0 Å². The fraction of sp³-hybridized carbons (Fsp3) is 0.500. The average molecular weight is 290 g/mol. The number of hydrogen-bond acceptors (Lipinski definition) is 2. The van der Waals surface area contributed by atoms with Crippen molar-refractivity contribution < 1.29 is 4.79 Å². The van der Waals surface area contributed by atoms with E-state index in [1.165, 1.54) is 0 Å². The molecule has 0 heterocycles. The number of rotatable bonds is 3. The molecule has 0 bridgehead atoms. The fourth-order valence-electron chi connectivity index (χ4n) is 2.90. The van der Waals surface area contributed by atoms with Crippen molar-refractivity contribution in [2.75, 3.05) is 25.3 Å². The first-order chi connectivity index (χ1) is 9.21. The Morgan fingerprint density at radius 1 is 1.25 bits per heavy atom. The predicted octanol–water partition coefficient (Wildman–Crippen LogP) is 3.29. The molecule has 1 saturated carbocycles. The Labute approximate surface area is 121 Å². The second-order valence-electron chi connectivity index (χ2n) is 6.88. The second-order valence-corrected chi connectivity index (χ2v) is 12.3. The van der Waals surface area contributed by atoms with Crippen LogP contribution in [-0.2, 0) is 4.79 Å². The first-order valence-electron chi connectivity index (χ1n) is 7.04. The summed E-state index contributed by atoms with van der Waals surface area (Å²) in [5.74, 6) is 0.174. The number of carbonyl (C=O) groups excluding carboxylic acids is 1. The molecular formula is C16H23N2OP. The Kier molecular flexibility index (Phi) is 3.65. The molecule has 1 fully saturated rings. The number of nitrogens with one attached hydrogen (secondary N) is 1. The van der Waals surface area contributed by atoms with Gasteiger partial charge in [-0.3, -0.25) is 0 Å². The summed E-state index contributed by atoms with van der Waals surface area (Å²) in [6, 6.07) is 5.81. The number of benzene rings is 1. The van der Waals surface area contributed by atoms with Crippen molar-refractivity contribution in [2.45, 2.75) is 31.8 Å². The molecule has 0 aromatic heterocycles. The molecule has 2 rings (SSSR count). The summed E-state index contributed by atoms with van der Waals surface area (Å²) in [6.45, 7) is 10.7. The first kappa shape index (κ1) is 15.0. The molecule has 0 atom stereocenters. The van der Waals surface area contributed by atoms with Gasteiger partial charge in [-0.25, -0.2) is 0 Å². The quantitative estimate of drug-likeness (QED) is 0.868. The number of nitriles is 1. The van der Waals surface area contributed by atoms with Crippen LogP contribution in [0.1, 0.15) is 29.5 Å². The van der Waals surface area contributed by atoms with Crippen LogP contribution in [0.4, 0.5) is 5.69 Å². The van der Waals surface area contributed by atoms with Crippen LogP contribution in [0.3, 0.4) is 0 Å². The van der Waals surface area contributed by atoms with Crippen molar-refractivity contribution in [3.8, 4) is 6.07 Å². The Bertz CT molecular complexity index is 581. The average Bonchev–Trinajstić information content (AvgIpc) is 3.13. The summed E-state index contributed by atoms with van der Waals surface area (Å²) in [7, 11) is -1.51. The van der Waals surface area contributed by atoms with Crippen LogP contribution in [0.2, 0.25) is 0 Å². The topological polar surface area (TPSA) is 52.9 Å². The van der Waals surface area contributed by atoms with E-state index < -0.39 is 7.26 Å².